The summed E-state index contributed by atoms with van der Waals surface area (Å²) in [4.78, 5) is 0. The lowest BCUT2D eigenvalue weighted by Gasteiger charge is -2.14. The maximum absolute atomic E-state index is 6.05. The third-order valence-electron chi connectivity index (χ3n) is 7.70. The van der Waals surface area contributed by atoms with E-state index in [0.717, 1.165) is 31.8 Å². The quantitative estimate of drug-likeness (QED) is 0.128. The van der Waals surface area contributed by atoms with Crippen molar-refractivity contribution >= 4 is 0 Å². The maximum Gasteiger partial charge on any atom is 0.119 e. The van der Waals surface area contributed by atoms with E-state index in [1.807, 2.05) is 0 Å². The van der Waals surface area contributed by atoms with Crippen LogP contribution in [0.3, 0.4) is 0 Å². The van der Waals surface area contributed by atoms with Gasteiger partial charge in [-0.05, 0) is 48.6 Å². The molecular weight excluding hydrogens is 464 g/mol. The van der Waals surface area contributed by atoms with Crippen LogP contribution in [0.2, 0.25) is 0 Å². The Morgan fingerprint density at radius 3 is 1.34 bits per heavy atom. The molecule has 2 rings (SSSR count). The van der Waals surface area contributed by atoms with E-state index in [1.54, 1.807) is 0 Å². The van der Waals surface area contributed by atoms with Crippen molar-refractivity contribution in [2.24, 2.45) is 0 Å². The molecule has 2 aromatic rings. The lowest BCUT2D eigenvalue weighted by Crippen LogP contribution is -2.01. The minimum absolute atomic E-state index is 0.149. The van der Waals surface area contributed by atoms with Crippen LogP contribution in [-0.2, 0) is 4.74 Å². The molecule has 38 heavy (non-hydrogen) atoms. The number of hydrogen-bond donors (Lipinski definition) is 0. The molecule has 0 heterocycles. The monoisotopic (exact) mass is 522 g/mol. The average molecular weight is 523 g/mol. The minimum atomic E-state index is 0.149. The van der Waals surface area contributed by atoms with Gasteiger partial charge in [0.25, 0.3) is 0 Å². The lowest BCUT2D eigenvalue weighted by molar-refractivity contribution is 0.0627. The summed E-state index contributed by atoms with van der Waals surface area (Å²) < 4.78 is 12.1. The Labute approximate surface area is 235 Å². The Hall–Kier alpha value is -1.80. The highest BCUT2D eigenvalue weighted by molar-refractivity contribution is 5.64. The molecule has 1 atom stereocenters. The first kappa shape index (κ1) is 32.4. The van der Waals surface area contributed by atoms with Crippen LogP contribution in [0.15, 0.2) is 48.5 Å². The van der Waals surface area contributed by atoms with Gasteiger partial charge in [0.1, 0.15) is 5.75 Å². The summed E-state index contributed by atoms with van der Waals surface area (Å²) in [6.45, 7) is 8.38. The Balaban J connectivity index is 1.53. The number of ether oxygens (including phenoxy) is 2. The summed E-state index contributed by atoms with van der Waals surface area (Å²) in [7, 11) is 0. The standard InChI is InChI=1S/C36H58O2/c1-4-6-8-10-11-12-13-14-15-16-17-19-21-31-38-36-28-26-35(27-29-36)34-24-22-33(23-25-34)32(3)37-30-20-18-9-7-5-2/h22-29,32H,4-21,30-31H2,1-3H3. The van der Waals surface area contributed by atoms with Crippen LogP contribution in [-0.4, -0.2) is 13.2 Å². The molecule has 0 amide bonds. The van der Waals surface area contributed by atoms with Gasteiger partial charge in [0.05, 0.1) is 12.7 Å². The van der Waals surface area contributed by atoms with Crippen molar-refractivity contribution < 1.29 is 9.47 Å². The minimum Gasteiger partial charge on any atom is -0.494 e. The summed E-state index contributed by atoms with van der Waals surface area (Å²) in [6, 6.07) is 17.4. The largest absolute Gasteiger partial charge is 0.494 e. The smallest absolute Gasteiger partial charge is 0.119 e. The molecule has 0 bridgehead atoms. The van der Waals surface area contributed by atoms with Gasteiger partial charge in [-0.15, -0.1) is 0 Å². The molecule has 0 aliphatic heterocycles. The van der Waals surface area contributed by atoms with Crippen molar-refractivity contribution in [3.8, 4) is 16.9 Å². The van der Waals surface area contributed by atoms with Gasteiger partial charge < -0.3 is 9.47 Å². The summed E-state index contributed by atoms with van der Waals surface area (Å²) in [6.07, 6.45) is 24.5. The summed E-state index contributed by atoms with van der Waals surface area (Å²) >= 11 is 0. The van der Waals surface area contributed by atoms with Crippen molar-refractivity contribution in [1.29, 1.82) is 0 Å². The zero-order valence-corrected chi connectivity index (χ0v) is 25.2. The second kappa shape index (κ2) is 22.1. The van der Waals surface area contributed by atoms with Crippen LogP contribution in [0.1, 0.15) is 148 Å². The van der Waals surface area contributed by atoms with Crippen LogP contribution in [0.5, 0.6) is 5.75 Å². The molecule has 0 saturated heterocycles. The molecule has 0 aliphatic rings. The van der Waals surface area contributed by atoms with Gasteiger partial charge in [-0.2, -0.15) is 0 Å². The number of hydrogen-bond acceptors (Lipinski definition) is 2. The predicted octanol–water partition coefficient (Wildman–Crippen LogP) is 11.9. The first-order valence-electron chi connectivity index (χ1n) is 16.2. The topological polar surface area (TPSA) is 18.5 Å². The number of benzene rings is 2. The lowest BCUT2D eigenvalue weighted by atomic mass is 10.0. The van der Waals surface area contributed by atoms with E-state index in [9.17, 15) is 0 Å². The van der Waals surface area contributed by atoms with Crippen LogP contribution in [0.25, 0.3) is 11.1 Å². The molecule has 0 aliphatic carbocycles. The SMILES string of the molecule is CCCCCCCCCCCCCCCOc1ccc(-c2ccc(C(C)OCCCCCCC)cc2)cc1. The van der Waals surface area contributed by atoms with Gasteiger partial charge >= 0.3 is 0 Å². The van der Waals surface area contributed by atoms with Gasteiger partial charge in [0, 0.05) is 6.61 Å². The molecule has 0 aromatic heterocycles. The predicted molar refractivity (Wildman–Crippen MR) is 166 cm³/mol. The van der Waals surface area contributed by atoms with E-state index < -0.39 is 0 Å². The van der Waals surface area contributed by atoms with Gasteiger partial charge in [0.2, 0.25) is 0 Å². The molecule has 2 nitrogen and oxygen atoms in total. The second-order valence-electron chi connectivity index (χ2n) is 11.2. The molecule has 0 fully saturated rings. The molecule has 0 radical (unpaired) electrons. The van der Waals surface area contributed by atoms with E-state index in [-0.39, 0.29) is 6.10 Å². The molecule has 214 valence electrons. The Morgan fingerprint density at radius 2 is 0.868 bits per heavy atom. The van der Waals surface area contributed by atoms with Crippen molar-refractivity contribution in [1.82, 2.24) is 0 Å². The maximum atomic E-state index is 6.05. The van der Waals surface area contributed by atoms with E-state index in [4.69, 9.17) is 9.47 Å². The molecule has 0 saturated carbocycles. The van der Waals surface area contributed by atoms with Gasteiger partial charge in [-0.3, -0.25) is 0 Å². The van der Waals surface area contributed by atoms with Gasteiger partial charge in [-0.1, -0.05) is 153 Å². The molecule has 2 aromatic carbocycles. The van der Waals surface area contributed by atoms with E-state index in [1.165, 1.54) is 119 Å². The van der Waals surface area contributed by atoms with Gasteiger partial charge in [0.15, 0.2) is 0 Å². The van der Waals surface area contributed by atoms with E-state index >= 15 is 0 Å². The van der Waals surface area contributed by atoms with Crippen molar-refractivity contribution in [3.63, 3.8) is 0 Å². The highest BCUT2D eigenvalue weighted by Gasteiger charge is 2.07. The second-order valence-corrected chi connectivity index (χ2v) is 11.2. The third kappa shape index (κ3) is 15.0. The highest BCUT2D eigenvalue weighted by Crippen LogP contribution is 2.26. The van der Waals surface area contributed by atoms with Crippen molar-refractivity contribution in [2.45, 2.75) is 142 Å². The van der Waals surface area contributed by atoms with E-state index in [2.05, 4.69) is 69.3 Å². The summed E-state index contributed by atoms with van der Waals surface area (Å²) in [5, 5.41) is 0. The van der Waals surface area contributed by atoms with Crippen LogP contribution < -0.4 is 4.74 Å². The fourth-order valence-corrected chi connectivity index (χ4v) is 5.06. The van der Waals surface area contributed by atoms with Crippen molar-refractivity contribution in [2.75, 3.05) is 13.2 Å². The first-order valence-corrected chi connectivity index (χ1v) is 16.2. The Kier molecular flexibility index (Phi) is 18.8. The number of unbranched alkanes of at least 4 members (excludes halogenated alkanes) is 16. The molecule has 1 unspecified atom stereocenters. The molecule has 0 N–H and O–H groups in total. The zero-order chi connectivity index (χ0) is 27.1. The van der Waals surface area contributed by atoms with Crippen molar-refractivity contribution in [3.05, 3.63) is 54.1 Å². The summed E-state index contributed by atoms with van der Waals surface area (Å²) in [5.41, 5.74) is 3.72. The fraction of sp³-hybridized carbons (Fsp3) is 0.667. The molecule has 2 heteroatoms. The first-order chi connectivity index (χ1) is 18.7. The van der Waals surface area contributed by atoms with Crippen LogP contribution >= 0.6 is 0 Å². The summed E-state index contributed by atoms with van der Waals surface area (Å²) in [5.74, 6) is 0.977. The Bertz CT molecular complexity index is 780. The van der Waals surface area contributed by atoms with Crippen LogP contribution in [0.4, 0.5) is 0 Å². The zero-order valence-electron chi connectivity index (χ0n) is 25.2. The fourth-order valence-electron chi connectivity index (χ4n) is 5.06. The Morgan fingerprint density at radius 1 is 0.474 bits per heavy atom. The molecule has 0 spiro atoms. The average Bonchev–Trinajstić information content (AvgIpc) is 2.95. The van der Waals surface area contributed by atoms with Crippen LogP contribution in [0, 0.1) is 0 Å². The van der Waals surface area contributed by atoms with E-state index in [0.29, 0.717) is 0 Å². The third-order valence-corrected chi connectivity index (χ3v) is 7.70. The number of rotatable bonds is 24. The van der Waals surface area contributed by atoms with Gasteiger partial charge in [-0.25, -0.2) is 0 Å². The molecular formula is C36H58O2. The normalized spacial score (nSPS) is 12.1. The highest BCUT2D eigenvalue weighted by atomic mass is 16.5.